The summed E-state index contributed by atoms with van der Waals surface area (Å²) in [5, 5.41) is 19.4. The van der Waals surface area contributed by atoms with E-state index in [2.05, 4.69) is 32.6 Å². The molecule has 0 aliphatic carbocycles. The van der Waals surface area contributed by atoms with Crippen LogP contribution < -0.4 is 5.32 Å². The van der Waals surface area contributed by atoms with Crippen LogP contribution in [0.15, 0.2) is 42.6 Å². The molecule has 0 atom stereocenters. The van der Waals surface area contributed by atoms with Crippen molar-refractivity contribution in [2.75, 3.05) is 5.32 Å². The number of carbonyl (C=O) groups excluding carboxylic acids is 1. The Bertz CT molecular complexity index is 1220. The van der Waals surface area contributed by atoms with Crippen LogP contribution >= 0.6 is 0 Å². The van der Waals surface area contributed by atoms with Crippen molar-refractivity contribution in [2.24, 2.45) is 0 Å². The van der Waals surface area contributed by atoms with Crippen molar-refractivity contribution < 1.29 is 13.6 Å². The largest absolute Gasteiger partial charge is 0.308 e. The van der Waals surface area contributed by atoms with Gasteiger partial charge in [0, 0.05) is 5.39 Å². The summed E-state index contributed by atoms with van der Waals surface area (Å²) in [5.74, 6) is -1.76. The van der Waals surface area contributed by atoms with Gasteiger partial charge in [0.2, 0.25) is 5.91 Å². The molecule has 0 aliphatic heterocycles. The van der Waals surface area contributed by atoms with Gasteiger partial charge in [-0.3, -0.25) is 9.89 Å². The minimum absolute atomic E-state index is 0.158. The molecular formula is C22H22F2N6O. The summed E-state index contributed by atoms with van der Waals surface area (Å²) in [6.45, 7) is 2.30. The molecule has 2 N–H and O–H groups in total. The Kier molecular flexibility index (Phi) is 6.01. The first-order valence-corrected chi connectivity index (χ1v) is 10.1. The van der Waals surface area contributed by atoms with Gasteiger partial charge in [0.15, 0.2) is 17.5 Å². The summed E-state index contributed by atoms with van der Waals surface area (Å²) in [6.07, 6.45) is 4.65. The van der Waals surface area contributed by atoms with E-state index >= 15 is 0 Å². The fraction of sp³-hybridized carbons (Fsp3) is 0.273. The highest BCUT2D eigenvalue weighted by molar-refractivity contribution is 5.92. The normalized spacial score (nSPS) is 11.2. The van der Waals surface area contributed by atoms with Crippen LogP contribution in [0.4, 0.5) is 14.6 Å². The number of anilines is 1. The Morgan fingerprint density at radius 3 is 2.77 bits per heavy atom. The number of aromatic amines is 1. The molecule has 0 unspecified atom stereocenters. The number of aryl methyl sites for hydroxylation is 1. The number of hydrogen-bond acceptors (Lipinski definition) is 4. The van der Waals surface area contributed by atoms with Crippen molar-refractivity contribution in [1.82, 2.24) is 25.2 Å². The zero-order chi connectivity index (χ0) is 21.8. The first kappa shape index (κ1) is 20.6. The highest BCUT2D eigenvalue weighted by Gasteiger charge is 2.11. The molecule has 7 nitrogen and oxygen atoms in total. The zero-order valence-corrected chi connectivity index (χ0v) is 17.0. The summed E-state index contributed by atoms with van der Waals surface area (Å²) in [6, 6.07) is 9.42. The van der Waals surface area contributed by atoms with Crippen molar-refractivity contribution in [1.29, 1.82) is 0 Å². The third kappa shape index (κ3) is 4.93. The number of aromatic nitrogens is 5. The molecule has 4 aromatic rings. The third-order valence-corrected chi connectivity index (χ3v) is 4.95. The molecule has 31 heavy (non-hydrogen) atoms. The number of halogens is 2. The van der Waals surface area contributed by atoms with Crippen LogP contribution in [0.3, 0.4) is 0 Å². The third-order valence-electron chi connectivity index (χ3n) is 4.95. The maximum atomic E-state index is 13.3. The molecule has 0 saturated carbocycles. The summed E-state index contributed by atoms with van der Waals surface area (Å²) >= 11 is 0. The number of fused-ring (bicyclic) bond motifs is 1. The molecule has 0 fully saturated rings. The van der Waals surface area contributed by atoms with E-state index in [1.165, 1.54) is 17.1 Å². The molecule has 0 aliphatic rings. The van der Waals surface area contributed by atoms with Crippen molar-refractivity contribution >= 4 is 22.6 Å². The molecule has 2 heterocycles. The number of H-pyrrole nitrogens is 1. The molecule has 0 bridgehead atoms. The van der Waals surface area contributed by atoms with E-state index in [1.54, 1.807) is 0 Å². The Balaban J connectivity index is 1.39. The van der Waals surface area contributed by atoms with Crippen LogP contribution in [0.25, 0.3) is 10.9 Å². The number of amides is 1. The highest BCUT2D eigenvalue weighted by atomic mass is 19.2. The second-order valence-corrected chi connectivity index (χ2v) is 7.39. The summed E-state index contributed by atoms with van der Waals surface area (Å²) < 4.78 is 26.4. The Morgan fingerprint density at radius 2 is 1.97 bits per heavy atom. The molecule has 2 aromatic carbocycles. The number of benzene rings is 2. The molecule has 4 rings (SSSR count). The fourth-order valence-corrected chi connectivity index (χ4v) is 3.36. The van der Waals surface area contributed by atoms with Gasteiger partial charge in [0.25, 0.3) is 0 Å². The minimum Gasteiger partial charge on any atom is -0.308 e. The van der Waals surface area contributed by atoms with Crippen molar-refractivity contribution in [3.05, 3.63) is 71.1 Å². The van der Waals surface area contributed by atoms with E-state index in [0.717, 1.165) is 53.6 Å². The summed E-state index contributed by atoms with van der Waals surface area (Å²) in [5.41, 5.74) is 3.35. The molecule has 160 valence electrons. The van der Waals surface area contributed by atoms with Crippen molar-refractivity contribution in [3.8, 4) is 0 Å². The van der Waals surface area contributed by atoms with Gasteiger partial charge >= 0.3 is 0 Å². The first-order chi connectivity index (χ1) is 15.0. The lowest BCUT2D eigenvalue weighted by atomic mass is 10.1. The lowest BCUT2D eigenvalue weighted by Crippen LogP contribution is -2.15. The number of nitrogens with zero attached hydrogens (tertiary/aromatic N) is 4. The van der Waals surface area contributed by atoms with Gasteiger partial charge in [0.1, 0.15) is 0 Å². The van der Waals surface area contributed by atoms with Gasteiger partial charge in [-0.1, -0.05) is 25.5 Å². The summed E-state index contributed by atoms with van der Waals surface area (Å²) in [4.78, 5) is 13.8. The average Bonchev–Trinajstić information content (AvgIpc) is 3.35. The molecule has 1 amide bonds. The number of unbranched alkanes of at least 4 members (excludes halogenated alkanes) is 1. The lowest BCUT2D eigenvalue weighted by molar-refractivity contribution is -0.115. The average molecular weight is 424 g/mol. The highest BCUT2D eigenvalue weighted by Crippen LogP contribution is 2.20. The topological polar surface area (TPSA) is 88.5 Å². The molecule has 0 spiro atoms. The lowest BCUT2D eigenvalue weighted by Gasteiger charge is -2.04. The zero-order valence-electron chi connectivity index (χ0n) is 17.0. The summed E-state index contributed by atoms with van der Waals surface area (Å²) in [7, 11) is 0. The smallest absolute Gasteiger partial charge is 0.230 e. The fourth-order valence-electron chi connectivity index (χ4n) is 3.36. The molecule has 9 heteroatoms. The SMILES string of the molecule is CCCCc1n[nH]c2ccc(CC(=O)Nc3cnn(Cc4ccc(F)c(F)c4)n3)cc12. The Morgan fingerprint density at radius 1 is 1.13 bits per heavy atom. The van der Waals surface area contributed by atoms with Gasteiger partial charge in [-0.25, -0.2) is 8.78 Å². The molecule has 2 aromatic heterocycles. The van der Waals surface area contributed by atoms with E-state index < -0.39 is 11.6 Å². The van der Waals surface area contributed by atoms with Crippen LogP contribution in [-0.2, 0) is 24.2 Å². The standard InChI is InChI=1S/C22H22F2N6O/c1-2-3-4-19-16-9-14(6-8-20(16)28-27-19)11-22(31)26-21-12-25-30(29-21)13-15-5-7-17(23)18(24)10-15/h5-10,12H,2-4,11,13H2,1H3,(H,27,28)(H,26,29,31). The van der Waals surface area contributed by atoms with E-state index in [4.69, 9.17) is 0 Å². The predicted molar refractivity (Wildman–Crippen MR) is 113 cm³/mol. The van der Waals surface area contributed by atoms with Gasteiger partial charge in [-0.2, -0.15) is 15.0 Å². The van der Waals surface area contributed by atoms with Gasteiger partial charge in [0.05, 0.1) is 30.4 Å². The maximum absolute atomic E-state index is 13.3. The number of rotatable bonds is 8. The van der Waals surface area contributed by atoms with E-state index in [9.17, 15) is 13.6 Å². The quantitative estimate of drug-likeness (QED) is 0.447. The minimum atomic E-state index is -0.925. The predicted octanol–water partition coefficient (Wildman–Crippen LogP) is 4.00. The van der Waals surface area contributed by atoms with Crippen molar-refractivity contribution in [2.45, 2.75) is 39.2 Å². The van der Waals surface area contributed by atoms with Crippen LogP contribution in [0.2, 0.25) is 0 Å². The Hall–Kier alpha value is -3.62. The van der Waals surface area contributed by atoms with E-state index in [1.807, 2.05) is 18.2 Å². The van der Waals surface area contributed by atoms with Gasteiger partial charge < -0.3 is 5.32 Å². The van der Waals surface area contributed by atoms with E-state index in [0.29, 0.717) is 11.4 Å². The number of carbonyl (C=O) groups is 1. The molecule has 0 radical (unpaired) electrons. The number of nitrogens with one attached hydrogen (secondary N) is 2. The van der Waals surface area contributed by atoms with E-state index in [-0.39, 0.29) is 18.9 Å². The molecular weight excluding hydrogens is 402 g/mol. The van der Waals surface area contributed by atoms with Crippen LogP contribution in [0, 0.1) is 11.6 Å². The second kappa shape index (κ2) is 9.03. The number of hydrogen-bond donors (Lipinski definition) is 2. The Labute approximate surface area is 177 Å². The van der Waals surface area contributed by atoms with Crippen LogP contribution in [0.5, 0.6) is 0 Å². The maximum Gasteiger partial charge on any atom is 0.230 e. The van der Waals surface area contributed by atoms with Gasteiger partial charge in [-0.15, -0.1) is 5.10 Å². The van der Waals surface area contributed by atoms with Crippen molar-refractivity contribution in [3.63, 3.8) is 0 Å². The first-order valence-electron chi connectivity index (χ1n) is 10.1. The van der Waals surface area contributed by atoms with Crippen LogP contribution in [0.1, 0.15) is 36.6 Å². The van der Waals surface area contributed by atoms with Crippen LogP contribution in [-0.4, -0.2) is 31.1 Å². The molecule has 0 saturated heterocycles. The van der Waals surface area contributed by atoms with Gasteiger partial charge in [-0.05, 0) is 48.2 Å². The second-order valence-electron chi connectivity index (χ2n) is 7.39. The monoisotopic (exact) mass is 424 g/mol.